The Kier molecular flexibility index (Phi) is 5.90. The van der Waals surface area contributed by atoms with Crippen LogP contribution in [0.5, 0.6) is 0 Å². The molecule has 0 radical (unpaired) electrons. The predicted molar refractivity (Wildman–Crippen MR) is 88.0 cm³/mol. The highest BCUT2D eigenvalue weighted by molar-refractivity contribution is 5.40. The maximum absolute atomic E-state index is 5.76. The molecule has 2 nitrogen and oxygen atoms in total. The fourth-order valence-electron chi connectivity index (χ4n) is 3.34. The second-order valence-corrected chi connectivity index (χ2v) is 6.30. The van der Waals surface area contributed by atoms with E-state index >= 15 is 0 Å². The van der Waals surface area contributed by atoms with Crippen molar-refractivity contribution in [2.75, 3.05) is 18.8 Å². The van der Waals surface area contributed by atoms with Crippen LogP contribution in [0.25, 0.3) is 0 Å². The van der Waals surface area contributed by atoms with Crippen LogP contribution < -0.4 is 5.73 Å². The fourth-order valence-corrected chi connectivity index (χ4v) is 3.34. The summed E-state index contributed by atoms with van der Waals surface area (Å²) in [5, 5.41) is 0. The lowest BCUT2D eigenvalue weighted by atomic mass is 9.97. The fraction of sp³-hybridized carbons (Fsp3) is 0.667. The molecule has 20 heavy (non-hydrogen) atoms. The van der Waals surface area contributed by atoms with Gasteiger partial charge in [0.15, 0.2) is 0 Å². The molecule has 2 atom stereocenters. The van der Waals surface area contributed by atoms with Gasteiger partial charge in [0, 0.05) is 11.7 Å². The van der Waals surface area contributed by atoms with Crippen LogP contribution in [0.3, 0.4) is 0 Å². The van der Waals surface area contributed by atoms with Crippen molar-refractivity contribution in [1.29, 1.82) is 0 Å². The summed E-state index contributed by atoms with van der Waals surface area (Å²) in [6.07, 6.45) is 8.17. The molecule has 1 aromatic carbocycles. The normalized spacial score (nSPS) is 22.4. The van der Waals surface area contributed by atoms with Gasteiger partial charge in [0.05, 0.1) is 0 Å². The highest BCUT2D eigenvalue weighted by Gasteiger charge is 2.19. The average Bonchev–Trinajstić information content (AvgIpc) is 2.70. The largest absolute Gasteiger partial charge is 0.399 e. The standard InChI is InChI=1S/C18H30N2/c1-3-18-7-5-4-6-13-20(18)14-12-15(2)16-8-10-17(19)11-9-16/h8-11,15,18H,3-7,12-14,19H2,1-2H3. The van der Waals surface area contributed by atoms with Gasteiger partial charge < -0.3 is 10.6 Å². The van der Waals surface area contributed by atoms with Crippen LogP contribution in [0.1, 0.15) is 63.9 Å². The molecular weight excluding hydrogens is 244 g/mol. The Morgan fingerprint density at radius 3 is 2.65 bits per heavy atom. The van der Waals surface area contributed by atoms with Gasteiger partial charge in [0.2, 0.25) is 0 Å². The molecule has 0 spiro atoms. The lowest BCUT2D eigenvalue weighted by Crippen LogP contribution is -2.35. The zero-order valence-electron chi connectivity index (χ0n) is 13.1. The summed E-state index contributed by atoms with van der Waals surface area (Å²) in [6.45, 7) is 7.22. The van der Waals surface area contributed by atoms with E-state index in [0.29, 0.717) is 5.92 Å². The second kappa shape index (κ2) is 7.68. The first-order valence-corrected chi connectivity index (χ1v) is 8.30. The zero-order valence-corrected chi connectivity index (χ0v) is 13.1. The minimum Gasteiger partial charge on any atom is -0.399 e. The number of nitrogens with two attached hydrogens (primary N) is 1. The van der Waals surface area contributed by atoms with Crippen LogP contribution in [-0.4, -0.2) is 24.0 Å². The van der Waals surface area contributed by atoms with Gasteiger partial charge in [-0.3, -0.25) is 0 Å². The average molecular weight is 274 g/mol. The van der Waals surface area contributed by atoms with E-state index in [-0.39, 0.29) is 0 Å². The number of likely N-dealkylation sites (tertiary alicyclic amines) is 1. The minimum atomic E-state index is 0.622. The van der Waals surface area contributed by atoms with Gasteiger partial charge >= 0.3 is 0 Å². The van der Waals surface area contributed by atoms with Crippen LogP contribution in [0, 0.1) is 0 Å². The molecule has 2 unspecified atom stereocenters. The number of hydrogen-bond acceptors (Lipinski definition) is 2. The molecule has 2 heteroatoms. The number of anilines is 1. The van der Waals surface area contributed by atoms with E-state index < -0.39 is 0 Å². The van der Waals surface area contributed by atoms with Crippen molar-refractivity contribution in [2.45, 2.75) is 64.3 Å². The summed E-state index contributed by atoms with van der Waals surface area (Å²) < 4.78 is 0. The van der Waals surface area contributed by atoms with Crippen molar-refractivity contribution < 1.29 is 0 Å². The Hall–Kier alpha value is -1.02. The van der Waals surface area contributed by atoms with Crippen molar-refractivity contribution in [2.24, 2.45) is 0 Å². The van der Waals surface area contributed by atoms with Gasteiger partial charge in [-0.25, -0.2) is 0 Å². The Morgan fingerprint density at radius 2 is 1.95 bits per heavy atom. The Balaban J connectivity index is 1.87. The van der Waals surface area contributed by atoms with E-state index in [0.717, 1.165) is 11.7 Å². The van der Waals surface area contributed by atoms with Gasteiger partial charge in [0.1, 0.15) is 0 Å². The molecule has 0 aromatic heterocycles. The van der Waals surface area contributed by atoms with Crippen LogP contribution in [0.4, 0.5) is 5.69 Å². The third-order valence-corrected chi connectivity index (χ3v) is 4.83. The number of rotatable bonds is 5. The van der Waals surface area contributed by atoms with Crippen molar-refractivity contribution in [3.05, 3.63) is 29.8 Å². The minimum absolute atomic E-state index is 0.622. The molecule has 1 fully saturated rings. The molecular formula is C18H30N2. The molecule has 2 N–H and O–H groups in total. The predicted octanol–water partition coefficient (Wildman–Crippen LogP) is 4.42. The molecule has 1 aromatic rings. The van der Waals surface area contributed by atoms with Crippen LogP contribution >= 0.6 is 0 Å². The van der Waals surface area contributed by atoms with Crippen molar-refractivity contribution in [3.63, 3.8) is 0 Å². The number of hydrogen-bond donors (Lipinski definition) is 1. The van der Waals surface area contributed by atoms with Crippen LogP contribution in [0.2, 0.25) is 0 Å². The van der Waals surface area contributed by atoms with Crippen LogP contribution in [-0.2, 0) is 0 Å². The number of nitrogens with zero attached hydrogens (tertiary/aromatic N) is 1. The molecule has 2 rings (SSSR count). The summed E-state index contributed by atoms with van der Waals surface area (Å²) in [4.78, 5) is 2.74. The molecule has 0 aliphatic carbocycles. The first kappa shape index (κ1) is 15.4. The molecule has 0 bridgehead atoms. The van der Waals surface area contributed by atoms with E-state index in [1.807, 2.05) is 12.1 Å². The quantitative estimate of drug-likeness (QED) is 0.805. The summed E-state index contributed by atoms with van der Waals surface area (Å²) in [5.41, 5.74) is 8.04. The lowest BCUT2D eigenvalue weighted by Gasteiger charge is -2.30. The molecule has 1 saturated heterocycles. The Bertz CT molecular complexity index is 385. The maximum atomic E-state index is 5.76. The first-order valence-electron chi connectivity index (χ1n) is 8.30. The van der Waals surface area contributed by atoms with Crippen LogP contribution in [0.15, 0.2) is 24.3 Å². The van der Waals surface area contributed by atoms with Crippen molar-refractivity contribution in [1.82, 2.24) is 4.90 Å². The smallest absolute Gasteiger partial charge is 0.0314 e. The third-order valence-electron chi connectivity index (χ3n) is 4.83. The zero-order chi connectivity index (χ0) is 14.4. The molecule has 1 heterocycles. The van der Waals surface area contributed by atoms with Crippen molar-refractivity contribution >= 4 is 5.69 Å². The van der Waals surface area contributed by atoms with Gasteiger partial charge in [-0.1, -0.05) is 38.8 Å². The Labute approximate surface area is 124 Å². The first-order chi connectivity index (χ1) is 9.70. The highest BCUT2D eigenvalue weighted by atomic mass is 15.1. The molecule has 1 aliphatic rings. The SMILES string of the molecule is CCC1CCCCCN1CCC(C)c1ccc(N)cc1. The number of nitrogen functional groups attached to an aromatic ring is 1. The molecule has 0 saturated carbocycles. The van der Waals surface area contributed by atoms with E-state index in [1.54, 1.807) is 0 Å². The highest BCUT2D eigenvalue weighted by Crippen LogP contribution is 2.24. The lowest BCUT2D eigenvalue weighted by molar-refractivity contribution is 0.189. The van der Waals surface area contributed by atoms with E-state index in [9.17, 15) is 0 Å². The monoisotopic (exact) mass is 274 g/mol. The summed E-state index contributed by atoms with van der Waals surface area (Å²) >= 11 is 0. The van der Waals surface area contributed by atoms with Gasteiger partial charge in [0.25, 0.3) is 0 Å². The molecule has 0 amide bonds. The Morgan fingerprint density at radius 1 is 1.20 bits per heavy atom. The third kappa shape index (κ3) is 4.24. The van der Waals surface area contributed by atoms with Crippen molar-refractivity contribution in [3.8, 4) is 0 Å². The topological polar surface area (TPSA) is 29.3 Å². The second-order valence-electron chi connectivity index (χ2n) is 6.30. The van der Waals surface area contributed by atoms with E-state index in [2.05, 4.69) is 30.9 Å². The number of benzene rings is 1. The molecule has 1 aliphatic heterocycles. The summed E-state index contributed by atoms with van der Waals surface area (Å²) in [5.74, 6) is 0.622. The summed E-state index contributed by atoms with van der Waals surface area (Å²) in [6, 6.07) is 9.22. The van der Waals surface area contributed by atoms with E-state index in [4.69, 9.17) is 5.73 Å². The van der Waals surface area contributed by atoms with Gasteiger partial charge in [-0.15, -0.1) is 0 Å². The molecule has 112 valence electrons. The summed E-state index contributed by atoms with van der Waals surface area (Å²) in [7, 11) is 0. The maximum Gasteiger partial charge on any atom is 0.0314 e. The van der Waals surface area contributed by atoms with Gasteiger partial charge in [-0.2, -0.15) is 0 Å². The van der Waals surface area contributed by atoms with Gasteiger partial charge in [-0.05, 0) is 62.4 Å². The van der Waals surface area contributed by atoms with E-state index in [1.165, 1.54) is 57.2 Å².